The third-order valence-electron chi connectivity index (χ3n) is 2.87. The summed E-state index contributed by atoms with van der Waals surface area (Å²) in [6.07, 6.45) is 3.67. The Kier molecular flexibility index (Phi) is 3.16. The molecule has 1 aliphatic rings. The maximum absolute atomic E-state index is 12.3. The van der Waals surface area contributed by atoms with Gasteiger partial charge in [0, 0.05) is 6.54 Å². The Morgan fingerprint density at radius 2 is 2.35 bits per heavy atom. The van der Waals surface area contributed by atoms with E-state index in [9.17, 15) is 8.42 Å². The van der Waals surface area contributed by atoms with Gasteiger partial charge in [-0.05, 0) is 18.9 Å². The van der Waals surface area contributed by atoms with Gasteiger partial charge in [0.05, 0.1) is 12.2 Å². The fraction of sp³-hybridized carbons (Fsp3) is 0.556. The molecular formula is C9H15N5O2S. The van der Waals surface area contributed by atoms with Gasteiger partial charge in [0.15, 0.2) is 5.03 Å². The number of nitrogens with two attached hydrogens (primary N) is 1. The van der Waals surface area contributed by atoms with Crippen molar-refractivity contribution in [3.63, 3.8) is 0 Å². The predicted octanol–water partition coefficient (Wildman–Crippen LogP) is -0.111. The van der Waals surface area contributed by atoms with Crippen molar-refractivity contribution in [1.29, 1.82) is 5.41 Å². The molecule has 1 atom stereocenters. The molecule has 4 N–H and O–H groups in total. The number of sulfonamides is 1. The van der Waals surface area contributed by atoms with Crippen LogP contribution in [0.5, 0.6) is 0 Å². The van der Waals surface area contributed by atoms with Crippen molar-refractivity contribution in [2.24, 2.45) is 5.73 Å². The molecule has 1 aromatic rings. The maximum atomic E-state index is 12.3. The average Bonchev–Trinajstić information content (AvgIpc) is 2.83. The molecule has 0 bridgehead atoms. The van der Waals surface area contributed by atoms with E-state index in [-0.39, 0.29) is 10.9 Å². The molecule has 1 aromatic heterocycles. The highest BCUT2D eigenvalue weighted by Gasteiger charge is 2.35. The summed E-state index contributed by atoms with van der Waals surface area (Å²) in [5.41, 5.74) is 5.46. The van der Waals surface area contributed by atoms with Crippen LogP contribution in [0.15, 0.2) is 17.3 Å². The zero-order chi connectivity index (χ0) is 12.5. The van der Waals surface area contributed by atoms with Crippen molar-refractivity contribution in [3.8, 4) is 0 Å². The third kappa shape index (κ3) is 2.18. The molecule has 2 rings (SSSR count). The maximum Gasteiger partial charge on any atom is 0.260 e. The first-order chi connectivity index (χ1) is 8.03. The van der Waals surface area contributed by atoms with Crippen molar-refractivity contribution in [1.82, 2.24) is 14.5 Å². The van der Waals surface area contributed by atoms with Crippen LogP contribution < -0.4 is 5.73 Å². The van der Waals surface area contributed by atoms with Gasteiger partial charge >= 0.3 is 0 Å². The topological polar surface area (TPSA) is 116 Å². The van der Waals surface area contributed by atoms with Gasteiger partial charge in [-0.25, -0.2) is 8.42 Å². The Balaban J connectivity index is 2.34. The van der Waals surface area contributed by atoms with E-state index in [2.05, 4.69) is 10.2 Å². The lowest BCUT2D eigenvalue weighted by molar-refractivity contribution is 0.302. The number of rotatable bonds is 3. The summed E-state index contributed by atoms with van der Waals surface area (Å²) in [7, 11) is -3.62. The quantitative estimate of drug-likeness (QED) is 0.517. The van der Waals surface area contributed by atoms with Crippen LogP contribution in [0.2, 0.25) is 0 Å². The smallest absolute Gasteiger partial charge is 0.260 e. The molecule has 0 amide bonds. The summed E-state index contributed by atoms with van der Waals surface area (Å²) in [4.78, 5) is 0. The molecule has 0 aromatic carbocycles. The van der Waals surface area contributed by atoms with Crippen LogP contribution in [-0.4, -0.2) is 41.3 Å². The number of aromatic nitrogens is 2. The first-order valence-corrected chi connectivity index (χ1v) is 6.82. The van der Waals surface area contributed by atoms with E-state index < -0.39 is 16.1 Å². The first kappa shape index (κ1) is 12.1. The molecule has 17 heavy (non-hydrogen) atoms. The highest BCUT2D eigenvalue weighted by atomic mass is 32.2. The summed E-state index contributed by atoms with van der Waals surface area (Å²) in [6, 6.07) is 0.873. The molecule has 1 aliphatic heterocycles. The van der Waals surface area contributed by atoms with Gasteiger partial charge < -0.3 is 5.73 Å². The molecule has 1 saturated heterocycles. The second-order valence-corrected chi connectivity index (χ2v) is 5.86. The first-order valence-electron chi connectivity index (χ1n) is 5.38. The summed E-state index contributed by atoms with van der Waals surface area (Å²) < 4.78 is 25.8. The SMILES string of the molecule is N=C(N)C1CCCCN1S(=O)(=O)c1ccn[nH]1. The van der Waals surface area contributed by atoms with E-state index in [0.717, 1.165) is 12.8 Å². The zero-order valence-corrected chi connectivity index (χ0v) is 10.1. The summed E-state index contributed by atoms with van der Waals surface area (Å²) in [5, 5.41) is 13.6. The molecule has 0 radical (unpaired) electrons. The fourth-order valence-electron chi connectivity index (χ4n) is 2.02. The number of aromatic amines is 1. The normalized spacial score (nSPS) is 22.5. The number of hydrogen-bond donors (Lipinski definition) is 3. The molecule has 1 unspecified atom stereocenters. The second kappa shape index (κ2) is 4.46. The summed E-state index contributed by atoms with van der Waals surface area (Å²) in [6.45, 7) is 0.394. The van der Waals surface area contributed by atoms with E-state index in [0.29, 0.717) is 13.0 Å². The van der Waals surface area contributed by atoms with E-state index in [1.54, 1.807) is 0 Å². The van der Waals surface area contributed by atoms with Crippen molar-refractivity contribution in [2.75, 3.05) is 6.54 Å². The Labute approximate surface area is 99.6 Å². The molecule has 1 fully saturated rings. The lowest BCUT2D eigenvalue weighted by Crippen LogP contribution is -2.50. The monoisotopic (exact) mass is 257 g/mol. The van der Waals surface area contributed by atoms with Crippen molar-refractivity contribution >= 4 is 15.9 Å². The van der Waals surface area contributed by atoms with Gasteiger partial charge in [-0.2, -0.15) is 9.40 Å². The predicted molar refractivity (Wildman–Crippen MR) is 62.0 cm³/mol. The van der Waals surface area contributed by atoms with Crippen molar-refractivity contribution < 1.29 is 8.42 Å². The Hall–Kier alpha value is -1.41. The van der Waals surface area contributed by atoms with Crippen LogP contribution in [0.1, 0.15) is 19.3 Å². The van der Waals surface area contributed by atoms with Crippen molar-refractivity contribution in [3.05, 3.63) is 12.3 Å². The zero-order valence-electron chi connectivity index (χ0n) is 9.26. The van der Waals surface area contributed by atoms with E-state index >= 15 is 0 Å². The minimum atomic E-state index is -3.62. The van der Waals surface area contributed by atoms with Crippen LogP contribution >= 0.6 is 0 Å². The number of nitrogens with one attached hydrogen (secondary N) is 2. The van der Waals surface area contributed by atoms with E-state index in [4.69, 9.17) is 11.1 Å². The van der Waals surface area contributed by atoms with Gasteiger partial charge in [-0.15, -0.1) is 0 Å². The van der Waals surface area contributed by atoms with Gasteiger partial charge in [-0.1, -0.05) is 6.42 Å². The van der Waals surface area contributed by atoms with Crippen LogP contribution in [-0.2, 0) is 10.0 Å². The minimum absolute atomic E-state index is 0.0469. The van der Waals surface area contributed by atoms with Crippen LogP contribution in [0, 0.1) is 5.41 Å². The number of hydrogen-bond acceptors (Lipinski definition) is 4. The van der Waals surface area contributed by atoms with Crippen LogP contribution in [0.4, 0.5) is 0 Å². The molecule has 0 aliphatic carbocycles. The Bertz CT molecular complexity index is 495. The van der Waals surface area contributed by atoms with Crippen molar-refractivity contribution in [2.45, 2.75) is 30.3 Å². The standard InChI is InChI=1S/C9H15N5O2S/c10-9(11)7-3-1-2-6-14(7)17(15,16)8-4-5-12-13-8/h4-5,7H,1-3,6H2,(H3,10,11)(H,12,13). The van der Waals surface area contributed by atoms with Crippen LogP contribution in [0.25, 0.3) is 0 Å². The van der Waals surface area contributed by atoms with Crippen LogP contribution in [0.3, 0.4) is 0 Å². The molecule has 7 nitrogen and oxygen atoms in total. The fourth-order valence-corrected chi connectivity index (χ4v) is 3.59. The number of H-pyrrole nitrogens is 1. The van der Waals surface area contributed by atoms with E-state index in [1.807, 2.05) is 0 Å². The third-order valence-corrected chi connectivity index (χ3v) is 4.71. The highest BCUT2D eigenvalue weighted by Crippen LogP contribution is 2.23. The lowest BCUT2D eigenvalue weighted by atomic mass is 10.0. The van der Waals surface area contributed by atoms with E-state index in [1.165, 1.54) is 16.6 Å². The molecule has 8 heteroatoms. The lowest BCUT2D eigenvalue weighted by Gasteiger charge is -2.33. The average molecular weight is 257 g/mol. The number of piperidine rings is 1. The van der Waals surface area contributed by atoms with Gasteiger partial charge in [0.1, 0.15) is 5.84 Å². The molecule has 0 spiro atoms. The largest absolute Gasteiger partial charge is 0.386 e. The molecule has 0 saturated carbocycles. The minimum Gasteiger partial charge on any atom is -0.386 e. The molecule has 2 heterocycles. The van der Waals surface area contributed by atoms with Gasteiger partial charge in [0.2, 0.25) is 0 Å². The molecular weight excluding hydrogens is 242 g/mol. The Morgan fingerprint density at radius 3 is 2.94 bits per heavy atom. The number of amidine groups is 1. The summed E-state index contributed by atoms with van der Waals surface area (Å²) >= 11 is 0. The van der Waals surface area contributed by atoms with Gasteiger partial charge in [0.25, 0.3) is 10.0 Å². The highest BCUT2D eigenvalue weighted by molar-refractivity contribution is 7.89. The van der Waals surface area contributed by atoms with Gasteiger partial charge in [-0.3, -0.25) is 10.5 Å². The second-order valence-electron chi connectivity index (χ2n) is 4.00. The molecule has 94 valence electrons. The Morgan fingerprint density at radius 1 is 1.59 bits per heavy atom. The summed E-state index contributed by atoms with van der Waals surface area (Å²) in [5.74, 6) is -0.104. The number of nitrogens with zero attached hydrogens (tertiary/aromatic N) is 2.